The summed E-state index contributed by atoms with van der Waals surface area (Å²) in [6.07, 6.45) is 3.16. The molecule has 2 atom stereocenters. The summed E-state index contributed by atoms with van der Waals surface area (Å²) >= 11 is 0. The van der Waals surface area contributed by atoms with E-state index in [1.165, 1.54) is 7.11 Å². The molecule has 0 bridgehead atoms. The molecule has 0 aliphatic rings. The van der Waals surface area contributed by atoms with Crippen molar-refractivity contribution >= 4 is 22.8 Å². The number of H-pyrrole nitrogens is 1. The number of benzene rings is 1. The number of aromatic amines is 1. The highest BCUT2D eigenvalue weighted by Gasteiger charge is 2.25. The normalized spacial score (nSPS) is 13.3. The summed E-state index contributed by atoms with van der Waals surface area (Å²) in [4.78, 5) is 31.7. The number of nitrogens with two attached hydrogens (primary N) is 1. The average molecular weight is 372 g/mol. The van der Waals surface area contributed by atoms with E-state index >= 15 is 0 Å². The van der Waals surface area contributed by atoms with Gasteiger partial charge < -0.3 is 30.3 Å². The SMILES string of the molecule is COC(=O)C(Cc1c[nH]c2ccccc12)NC(=O)c1coc(C(N)CO)n1. The number of aliphatic hydroxyl groups is 1. The highest BCUT2D eigenvalue weighted by atomic mass is 16.5. The van der Waals surface area contributed by atoms with Gasteiger partial charge in [-0.2, -0.15) is 0 Å². The largest absolute Gasteiger partial charge is 0.467 e. The number of aliphatic hydroxyl groups excluding tert-OH is 1. The zero-order valence-electron chi connectivity index (χ0n) is 14.6. The molecule has 2 heterocycles. The topological polar surface area (TPSA) is 143 Å². The third-order valence-corrected chi connectivity index (χ3v) is 4.16. The van der Waals surface area contributed by atoms with Crippen LogP contribution in [-0.2, 0) is 16.0 Å². The number of oxazole rings is 1. The second-order valence-corrected chi connectivity index (χ2v) is 5.97. The molecule has 0 radical (unpaired) electrons. The first-order valence-electron chi connectivity index (χ1n) is 8.29. The summed E-state index contributed by atoms with van der Waals surface area (Å²) in [5.41, 5.74) is 7.36. The average Bonchev–Trinajstić information content (AvgIpc) is 3.34. The zero-order valence-corrected chi connectivity index (χ0v) is 14.6. The van der Waals surface area contributed by atoms with Crippen LogP contribution >= 0.6 is 0 Å². The minimum atomic E-state index is -0.909. The maximum Gasteiger partial charge on any atom is 0.328 e. The Balaban J connectivity index is 1.78. The lowest BCUT2D eigenvalue weighted by Crippen LogP contribution is -2.43. The molecule has 9 heteroatoms. The predicted molar refractivity (Wildman–Crippen MR) is 95.8 cm³/mol. The Labute approximate surface area is 154 Å². The Morgan fingerprint density at radius 3 is 2.93 bits per heavy atom. The van der Waals surface area contributed by atoms with E-state index in [9.17, 15) is 9.59 Å². The van der Waals surface area contributed by atoms with Gasteiger partial charge in [0.25, 0.3) is 5.91 Å². The number of nitrogens with zero attached hydrogens (tertiary/aromatic N) is 1. The number of amides is 1. The lowest BCUT2D eigenvalue weighted by molar-refractivity contribution is -0.142. The number of methoxy groups -OCH3 is 1. The molecule has 2 unspecified atom stereocenters. The summed E-state index contributed by atoms with van der Waals surface area (Å²) in [6, 6.07) is 5.92. The lowest BCUT2D eigenvalue weighted by atomic mass is 10.0. The number of ether oxygens (including phenoxy) is 1. The van der Waals surface area contributed by atoms with Crippen molar-refractivity contribution in [2.45, 2.75) is 18.5 Å². The quantitative estimate of drug-likeness (QED) is 0.446. The van der Waals surface area contributed by atoms with Gasteiger partial charge in [-0.05, 0) is 11.6 Å². The van der Waals surface area contributed by atoms with Crippen molar-refractivity contribution in [1.29, 1.82) is 0 Å². The van der Waals surface area contributed by atoms with Crippen molar-refractivity contribution in [3.63, 3.8) is 0 Å². The summed E-state index contributed by atoms with van der Waals surface area (Å²) in [6.45, 7) is -0.368. The van der Waals surface area contributed by atoms with Crippen LogP contribution in [0, 0.1) is 0 Å². The number of carbonyl (C=O) groups excluding carboxylic acids is 2. The molecule has 0 spiro atoms. The van der Waals surface area contributed by atoms with Gasteiger partial charge in [-0.15, -0.1) is 0 Å². The van der Waals surface area contributed by atoms with Crippen LogP contribution in [0.3, 0.4) is 0 Å². The predicted octanol–water partition coefficient (Wildman–Crippen LogP) is 0.662. The number of hydrogen-bond donors (Lipinski definition) is 4. The van der Waals surface area contributed by atoms with Crippen LogP contribution in [0.1, 0.15) is 28.0 Å². The third-order valence-electron chi connectivity index (χ3n) is 4.16. The Bertz CT molecular complexity index is 948. The summed E-state index contributed by atoms with van der Waals surface area (Å²) in [5.74, 6) is -1.15. The van der Waals surface area contributed by atoms with E-state index in [4.69, 9.17) is 20.0 Å². The van der Waals surface area contributed by atoms with Crippen LogP contribution in [0.2, 0.25) is 0 Å². The van der Waals surface area contributed by atoms with E-state index in [2.05, 4.69) is 15.3 Å². The smallest absolute Gasteiger partial charge is 0.328 e. The molecule has 0 fully saturated rings. The zero-order chi connectivity index (χ0) is 19.4. The molecule has 3 aromatic rings. The Morgan fingerprint density at radius 1 is 1.41 bits per heavy atom. The second kappa shape index (κ2) is 8.02. The van der Waals surface area contributed by atoms with E-state index < -0.39 is 24.0 Å². The Morgan fingerprint density at radius 2 is 2.19 bits per heavy atom. The van der Waals surface area contributed by atoms with E-state index in [-0.39, 0.29) is 24.6 Å². The van der Waals surface area contributed by atoms with Crippen molar-refractivity contribution in [3.8, 4) is 0 Å². The number of para-hydroxylation sites is 1. The van der Waals surface area contributed by atoms with Crippen LogP contribution in [0.5, 0.6) is 0 Å². The van der Waals surface area contributed by atoms with Crippen molar-refractivity contribution in [3.05, 3.63) is 53.9 Å². The first-order valence-corrected chi connectivity index (χ1v) is 8.29. The van der Waals surface area contributed by atoms with Gasteiger partial charge in [-0.3, -0.25) is 4.79 Å². The fourth-order valence-electron chi connectivity index (χ4n) is 2.73. The van der Waals surface area contributed by atoms with Gasteiger partial charge in [0.15, 0.2) is 5.69 Å². The molecular formula is C18H20N4O5. The molecule has 3 rings (SSSR count). The van der Waals surface area contributed by atoms with Crippen LogP contribution in [0.4, 0.5) is 0 Å². The van der Waals surface area contributed by atoms with Crippen molar-refractivity contribution in [1.82, 2.24) is 15.3 Å². The molecule has 1 aromatic carbocycles. The van der Waals surface area contributed by atoms with Gasteiger partial charge in [0.05, 0.1) is 13.7 Å². The number of hydrogen-bond acceptors (Lipinski definition) is 7. The standard InChI is InChI=1S/C18H20N4O5/c1-26-18(25)14(6-10-7-20-13-5-3-2-4-11(10)13)21-16(24)15-9-27-17(22-15)12(19)8-23/h2-5,7,9,12,14,20,23H,6,8,19H2,1H3,(H,21,24). The summed E-state index contributed by atoms with van der Waals surface area (Å²) in [5, 5.41) is 12.6. The van der Waals surface area contributed by atoms with Crippen LogP contribution in [-0.4, -0.2) is 46.7 Å². The maximum absolute atomic E-state index is 12.4. The molecule has 2 aromatic heterocycles. The number of esters is 1. The fourth-order valence-corrected chi connectivity index (χ4v) is 2.73. The van der Waals surface area contributed by atoms with Gasteiger partial charge in [-0.1, -0.05) is 18.2 Å². The molecule has 0 aliphatic carbocycles. The highest BCUT2D eigenvalue weighted by molar-refractivity contribution is 5.95. The highest BCUT2D eigenvalue weighted by Crippen LogP contribution is 2.19. The maximum atomic E-state index is 12.4. The van der Waals surface area contributed by atoms with Gasteiger partial charge >= 0.3 is 5.97 Å². The van der Waals surface area contributed by atoms with Gasteiger partial charge in [0.1, 0.15) is 18.3 Å². The monoisotopic (exact) mass is 372 g/mol. The van der Waals surface area contributed by atoms with E-state index in [0.717, 1.165) is 22.7 Å². The van der Waals surface area contributed by atoms with Crippen LogP contribution < -0.4 is 11.1 Å². The van der Waals surface area contributed by atoms with Gasteiger partial charge in [-0.25, -0.2) is 9.78 Å². The minimum Gasteiger partial charge on any atom is -0.467 e. The van der Waals surface area contributed by atoms with Crippen molar-refractivity contribution in [2.24, 2.45) is 5.73 Å². The van der Waals surface area contributed by atoms with E-state index in [0.29, 0.717) is 0 Å². The Kier molecular flexibility index (Phi) is 5.53. The molecule has 5 N–H and O–H groups in total. The summed E-state index contributed by atoms with van der Waals surface area (Å²) < 4.78 is 9.90. The Hall–Kier alpha value is -3.17. The first kappa shape index (κ1) is 18.6. The fraction of sp³-hybridized carbons (Fsp3) is 0.278. The van der Waals surface area contributed by atoms with Crippen molar-refractivity contribution in [2.75, 3.05) is 13.7 Å². The lowest BCUT2D eigenvalue weighted by Gasteiger charge is -2.15. The molecule has 1 amide bonds. The summed E-state index contributed by atoms with van der Waals surface area (Å²) in [7, 11) is 1.26. The molecule has 0 saturated carbocycles. The molecule has 142 valence electrons. The molecule has 9 nitrogen and oxygen atoms in total. The number of nitrogens with one attached hydrogen (secondary N) is 2. The second-order valence-electron chi connectivity index (χ2n) is 5.97. The number of rotatable bonds is 7. The van der Waals surface area contributed by atoms with Crippen LogP contribution in [0.15, 0.2) is 41.1 Å². The first-order chi connectivity index (χ1) is 13.0. The number of carbonyl (C=O) groups is 2. The van der Waals surface area contributed by atoms with Gasteiger partial charge in [0.2, 0.25) is 5.89 Å². The number of aromatic nitrogens is 2. The van der Waals surface area contributed by atoms with E-state index in [1.54, 1.807) is 6.20 Å². The van der Waals surface area contributed by atoms with E-state index in [1.807, 2.05) is 24.3 Å². The molecule has 0 saturated heterocycles. The minimum absolute atomic E-state index is 0.0360. The van der Waals surface area contributed by atoms with Crippen molar-refractivity contribution < 1.29 is 23.8 Å². The third kappa shape index (κ3) is 3.99. The van der Waals surface area contributed by atoms with Crippen LogP contribution in [0.25, 0.3) is 10.9 Å². The molecule has 27 heavy (non-hydrogen) atoms. The molecule has 0 aliphatic heterocycles. The number of fused-ring (bicyclic) bond motifs is 1. The van der Waals surface area contributed by atoms with Gasteiger partial charge in [0, 0.05) is 23.5 Å². The molecular weight excluding hydrogens is 352 g/mol.